The van der Waals surface area contributed by atoms with Crippen molar-refractivity contribution in [2.24, 2.45) is 0 Å². The zero-order valence-electron chi connectivity index (χ0n) is 19.8. The molecule has 0 unspecified atom stereocenters. The average Bonchev–Trinajstić information content (AvgIpc) is 3.32. The summed E-state index contributed by atoms with van der Waals surface area (Å²) in [4.78, 5) is 16.5. The van der Waals surface area contributed by atoms with Crippen molar-refractivity contribution in [3.05, 3.63) is 47.3 Å². The second-order valence-corrected chi connectivity index (χ2v) is 9.03. The highest BCUT2D eigenvalue weighted by molar-refractivity contribution is 7.17. The molecule has 7 nitrogen and oxygen atoms in total. The van der Waals surface area contributed by atoms with E-state index in [1.807, 2.05) is 13.0 Å². The molecule has 34 heavy (non-hydrogen) atoms. The Kier molecular flexibility index (Phi) is 9.27. The van der Waals surface area contributed by atoms with Gasteiger partial charge in [0.05, 0.1) is 20.8 Å². The smallest absolute Gasteiger partial charge is 0.411 e. The van der Waals surface area contributed by atoms with E-state index in [1.165, 1.54) is 22.9 Å². The third-order valence-electron chi connectivity index (χ3n) is 5.94. The lowest BCUT2D eigenvalue weighted by Crippen LogP contribution is -2.46. The molecule has 1 aliphatic heterocycles. The summed E-state index contributed by atoms with van der Waals surface area (Å²) in [6, 6.07) is 12.4. The molecule has 0 radical (unpaired) electrons. The number of aryl methyl sites for hydroxylation is 1. The van der Waals surface area contributed by atoms with E-state index in [4.69, 9.17) is 9.47 Å². The number of halogens is 1. The first-order valence-electron chi connectivity index (χ1n) is 11.2. The van der Waals surface area contributed by atoms with Gasteiger partial charge in [-0.1, -0.05) is 6.07 Å². The number of methoxy groups -OCH3 is 2. The van der Waals surface area contributed by atoms with Crippen LogP contribution in [0, 0.1) is 6.92 Å². The number of anilines is 2. The summed E-state index contributed by atoms with van der Waals surface area (Å²) >= 11 is 1.80. The van der Waals surface area contributed by atoms with Gasteiger partial charge in [-0.3, -0.25) is 10.2 Å². The quantitative estimate of drug-likeness (QED) is 0.413. The molecular weight excluding hydrogens is 474 g/mol. The average molecular weight is 506 g/mol. The molecule has 9 heteroatoms. The van der Waals surface area contributed by atoms with Crippen LogP contribution in [0.25, 0.3) is 10.1 Å². The molecule has 184 valence electrons. The van der Waals surface area contributed by atoms with E-state index in [9.17, 15) is 4.79 Å². The van der Waals surface area contributed by atoms with Gasteiger partial charge in [-0.2, -0.15) is 0 Å². The Labute approximate surface area is 211 Å². The lowest BCUT2D eigenvalue weighted by molar-refractivity contribution is 0.187. The maximum atomic E-state index is 11.5. The minimum Gasteiger partial charge on any atom is -0.493 e. The van der Waals surface area contributed by atoms with Crippen LogP contribution in [-0.4, -0.2) is 64.5 Å². The largest absolute Gasteiger partial charge is 0.493 e. The molecule has 1 fully saturated rings. The zero-order valence-corrected chi connectivity index (χ0v) is 21.5. The lowest BCUT2D eigenvalue weighted by atomic mass is 10.1. The summed E-state index contributed by atoms with van der Waals surface area (Å²) in [6.45, 7) is 7.73. The predicted molar refractivity (Wildman–Crippen MR) is 142 cm³/mol. The second kappa shape index (κ2) is 12.1. The number of benzene rings is 2. The number of nitrogens with zero attached hydrogens (tertiary/aromatic N) is 2. The standard InChI is InChI=1S/C25H31N3O4S.ClH/c1-18-16-19(26-25(29)31-3)17-22(30-2)24(18)32-14-5-9-27-10-12-28(13-11-27)21-6-4-7-23-20(21)8-15-33-23;/h4,6-8,15-17H,5,9-14H2,1-3H3,(H,26,29);1H. The van der Waals surface area contributed by atoms with Crippen molar-refractivity contribution in [3.63, 3.8) is 0 Å². The van der Waals surface area contributed by atoms with Crippen molar-refractivity contribution >= 4 is 51.3 Å². The molecule has 2 aromatic carbocycles. The monoisotopic (exact) mass is 505 g/mol. The van der Waals surface area contributed by atoms with E-state index in [1.54, 1.807) is 24.5 Å². The van der Waals surface area contributed by atoms with E-state index in [2.05, 4.69) is 49.5 Å². The van der Waals surface area contributed by atoms with E-state index >= 15 is 0 Å². The van der Waals surface area contributed by atoms with Crippen molar-refractivity contribution in [3.8, 4) is 11.5 Å². The number of ether oxygens (including phenoxy) is 3. The molecular formula is C25H32ClN3O4S. The van der Waals surface area contributed by atoms with Gasteiger partial charge in [-0.05, 0) is 48.6 Å². The highest BCUT2D eigenvalue weighted by Gasteiger charge is 2.19. The van der Waals surface area contributed by atoms with Gasteiger partial charge in [-0.25, -0.2) is 4.79 Å². The number of fused-ring (bicyclic) bond motifs is 1. The fraction of sp³-hybridized carbons (Fsp3) is 0.400. The van der Waals surface area contributed by atoms with Gasteiger partial charge >= 0.3 is 6.09 Å². The van der Waals surface area contributed by atoms with Gasteiger partial charge in [0.1, 0.15) is 0 Å². The minimum atomic E-state index is -0.516. The van der Waals surface area contributed by atoms with Crippen molar-refractivity contribution in [2.75, 3.05) is 63.8 Å². The maximum absolute atomic E-state index is 11.5. The molecule has 4 rings (SSSR count). The van der Waals surface area contributed by atoms with Crippen LogP contribution in [0.5, 0.6) is 11.5 Å². The third kappa shape index (κ3) is 6.05. The predicted octanol–water partition coefficient (Wildman–Crippen LogP) is 5.41. The Morgan fingerprint density at radius 2 is 1.91 bits per heavy atom. The molecule has 1 aliphatic rings. The highest BCUT2D eigenvalue weighted by atomic mass is 35.5. The summed E-state index contributed by atoms with van der Waals surface area (Å²) in [7, 11) is 2.93. The topological polar surface area (TPSA) is 63.3 Å². The molecule has 0 saturated carbocycles. The summed E-state index contributed by atoms with van der Waals surface area (Å²) in [5.41, 5.74) is 2.86. The third-order valence-corrected chi connectivity index (χ3v) is 6.83. The van der Waals surface area contributed by atoms with E-state index in [0.29, 0.717) is 23.8 Å². The number of nitrogens with one attached hydrogen (secondary N) is 1. The number of carbonyl (C=O) groups excluding carboxylic acids is 1. The molecule has 1 amide bonds. The fourth-order valence-electron chi connectivity index (χ4n) is 4.25. The van der Waals surface area contributed by atoms with Crippen molar-refractivity contribution < 1.29 is 19.0 Å². The molecule has 0 spiro atoms. The molecule has 0 aliphatic carbocycles. The Balaban J connectivity index is 0.00000324. The molecule has 1 saturated heterocycles. The van der Waals surface area contributed by atoms with Crippen molar-refractivity contribution in [1.29, 1.82) is 0 Å². The normalized spacial score (nSPS) is 13.9. The molecule has 1 N–H and O–H groups in total. The molecule has 3 aromatic rings. The van der Waals surface area contributed by atoms with Crippen LogP contribution >= 0.6 is 23.7 Å². The Bertz CT molecular complexity index is 1100. The zero-order chi connectivity index (χ0) is 23.2. The van der Waals surface area contributed by atoms with E-state index in [0.717, 1.165) is 44.7 Å². The van der Waals surface area contributed by atoms with Crippen molar-refractivity contribution in [2.45, 2.75) is 13.3 Å². The lowest BCUT2D eigenvalue weighted by Gasteiger charge is -2.36. The van der Waals surface area contributed by atoms with Crippen LogP contribution in [0.15, 0.2) is 41.8 Å². The van der Waals surface area contributed by atoms with Crippen LogP contribution in [0.4, 0.5) is 16.2 Å². The first kappa shape index (κ1) is 25.9. The number of amides is 1. The summed E-state index contributed by atoms with van der Waals surface area (Å²) < 4.78 is 17.5. The first-order valence-corrected chi connectivity index (χ1v) is 12.1. The molecule has 2 heterocycles. The van der Waals surface area contributed by atoms with Gasteiger partial charge in [0.25, 0.3) is 0 Å². The van der Waals surface area contributed by atoms with E-state index in [-0.39, 0.29) is 12.4 Å². The van der Waals surface area contributed by atoms with Crippen molar-refractivity contribution in [1.82, 2.24) is 4.90 Å². The minimum absolute atomic E-state index is 0. The first-order chi connectivity index (χ1) is 16.1. The van der Waals surface area contributed by atoms with Gasteiger partial charge in [-0.15, -0.1) is 23.7 Å². The SMILES string of the molecule is COC(=O)Nc1cc(C)c(OCCCN2CCN(c3cccc4sccc34)CC2)c(OC)c1.Cl. The number of carbonyl (C=O) groups is 1. The molecule has 0 atom stereocenters. The number of thiophene rings is 1. The fourth-order valence-corrected chi connectivity index (χ4v) is 5.06. The number of piperazine rings is 1. The van der Waals surface area contributed by atoms with Gasteiger partial charge in [0.2, 0.25) is 0 Å². The Morgan fingerprint density at radius 1 is 1.12 bits per heavy atom. The number of hydrogen-bond acceptors (Lipinski definition) is 7. The van der Waals surface area contributed by atoms with Gasteiger partial charge in [0, 0.05) is 60.3 Å². The number of rotatable bonds is 8. The van der Waals surface area contributed by atoms with Gasteiger partial charge in [0.15, 0.2) is 11.5 Å². The molecule has 1 aromatic heterocycles. The van der Waals surface area contributed by atoms with Crippen LogP contribution in [0.1, 0.15) is 12.0 Å². The van der Waals surface area contributed by atoms with Crippen LogP contribution in [0.2, 0.25) is 0 Å². The number of hydrogen-bond donors (Lipinski definition) is 1. The van der Waals surface area contributed by atoms with Crippen LogP contribution in [0.3, 0.4) is 0 Å². The van der Waals surface area contributed by atoms with Crippen LogP contribution < -0.4 is 19.7 Å². The maximum Gasteiger partial charge on any atom is 0.411 e. The Hall–Kier alpha value is -2.68. The Morgan fingerprint density at radius 3 is 2.65 bits per heavy atom. The van der Waals surface area contributed by atoms with E-state index < -0.39 is 6.09 Å². The van der Waals surface area contributed by atoms with Crippen LogP contribution in [-0.2, 0) is 4.74 Å². The second-order valence-electron chi connectivity index (χ2n) is 8.08. The summed E-state index contributed by atoms with van der Waals surface area (Å²) in [5.74, 6) is 1.30. The van der Waals surface area contributed by atoms with Gasteiger partial charge < -0.3 is 19.1 Å². The molecule has 0 bridgehead atoms. The summed E-state index contributed by atoms with van der Waals surface area (Å²) in [6.07, 6.45) is 0.419. The summed E-state index contributed by atoms with van der Waals surface area (Å²) in [5, 5.41) is 6.19. The highest BCUT2D eigenvalue weighted by Crippen LogP contribution is 2.35.